The van der Waals surface area contributed by atoms with Crippen molar-refractivity contribution in [2.45, 2.75) is 19.0 Å². The number of halogens is 3. The molecule has 0 unspecified atom stereocenters. The number of H-pyrrole nitrogens is 1. The summed E-state index contributed by atoms with van der Waals surface area (Å²) in [4.78, 5) is 26.9. The van der Waals surface area contributed by atoms with E-state index in [0.29, 0.717) is 17.9 Å². The fraction of sp³-hybridized carbons (Fsp3) is 0.182. The molecule has 0 fully saturated rings. The molecule has 0 aliphatic carbocycles. The van der Waals surface area contributed by atoms with Crippen LogP contribution in [0.2, 0.25) is 0 Å². The second-order valence-corrected chi connectivity index (χ2v) is 6.86. The Balaban J connectivity index is 1.51. The molecule has 0 saturated heterocycles. The second-order valence-electron chi connectivity index (χ2n) is 6.86. The lowest BCUT2D eigenvalue weighted by molar-refractivity contribution is -0.137. The van der Waals surface area contributed by atoms with Gasteiger partial charge in [-0.1, -0.05) is 0 Å². The molecule has 31 heavy (non-hydrogen) atoms. The van der Waals surface area contributed by atoms with Crippen LogP contribution >= 0.6 is 0 Å². The number of aryl methyl sites for hydroxylation is 1. The predicted molar refractivity (Wildman–Crippen MR) is 109 cm³/mol. The number of nitrogens with zero attached hydrogens (tertiary/aromatic N) is 3. The number of benzene rings is 1. The van der Waals surface area contributed by atoms with Crippen LogP contribution in [0, 0.1) is 0 Å². The van der Waals surface area contributed by atoms with E-state index in [1.165, 1.54) is 6.20 Å². The highest BCUT2D eigenvalue weighted by Crippen LogP contribution is 2.30. The highest BCUT2D eigenvalue weighted by molar-refractivity contribution is 5.80. The Morgan fingerprint density at radius 2 is 1.81 bits per heavy atom. The SMILES string of the molecule is O=c1[nH]c(-c2cncc(C(F)(F)F)c2)nc2ccc(OCCCc3ccncc3)cc12. The quantitative estimate of drug-likeness (QED) is 0.462. The van der Waals surface area contributed by atoms with Gasteiger partial charge in [0.2, 0.25) is 0 Å². The molecule has 9 heteroatoms. The topological polar surface area (TPSA) is 80.8 Å². The molecule has 4 rings (SSSR count). The van der Waals surface area contributed by atoms with Crippen molar-refractivity contribution in [2.24, 2.45) is 0 Å². The van der Waals surface area contributed by atoms with Crippen LogP contribution in [0.4, 0.5) is 13.2 Å². The maximum Gasteiger partial charge on any atom is 0.417 e. The normalized spacial score (nSPS) is 11.6. The van der Waals surface area contributed by atoms with Gasteiger partial charge >= 0.3 is 6.18 Å². The van der Waals surface area contributed by atoms with Crippen molar-refractivity contribution >= 4 is 10.9 Å². The number of pyridine rings is 2. The molecule has 0 amide bonds. The number of aromatic amines is 1. The van der Waals surface area contributed by atoms with Crippen LogP contribution in [0.1, 0.15) is 17.5 Å². The van der Waals surface area contributed by atoms with Crippen LogP contribution in [0.5, 0.6) is 5.75 Å². The van der Waals surface area contributed by atoms with E-state index >= 15 is 0 Å². The van der Waals surface area contributed by atoms with E-state index in [0.717, 1.165) is 30.7 Å². The van der Waals surface area contributed by atoms with E-state index in [-0.39, 0.29) is 16.8 Å². The van der Waals surface area contributed by atoms with Gasteiger partial charge in [0.05, 0.1) is 23.1 Å². The van der Waals surface area contributed by atoms with Gasteiger partial charge in [-0.25, -0.2) is 4.98 Å². The van der Waals surface area contributed by atoms with E-state index in [2.05, 4.69) is 19.9 Å². The highest BCUT2D eigenvalue weighted by Gasteiger charge is 2.31. The zero-order valence-electron chi connectivity index (χ0n) is 16.2. The van der Waals surface area contributed by atoms with Crippen LogP contribution in [-0.4, -0.2) is 26.5 Å². The van der Waals surface area contributed by atoms with Crippen molar-refractivity contribution in [2.75, 3.05) is 6.61 Å². The van der Waals surface area contributed by atoms with E-state index in [9.17, 15) is 18.0 Å². The number of ether oxygens (including phenoxy) is 1. The van der Waals surface area contributed by atoms with Crippen molar-refractivity contribution in [1.82, 2.24) is 19.9 Å². The summed E-state index contributed by atoms with van der Waals surface area (Å²) in [5.41, 5.74) is 0.197. The molecule has 0 atom stereocenters. The molecule has 0 saturated carbocycles. The third kappa shape index (κ3) is 4.88. The zero-order chi connectivity index (χ0) is 21.8. The van der Waals surface area contributed by atoms with Crippen molar-refractivity contribution < 1.29 is 17.9 Å². The van der Waals surface area contributed by atoms with E-state index < -0.39 is 17.3 Å². The maximum absolute atomic E-state index is 12.9. The van der Waals surface area contributed by atoms with Gasteiger partial charge in [-0.3, -0.25) is 14.8 Å². The summed E-state index contributed by atoms with van der Waals surface area (Å²) >= 11 is 0. The number of hydrogen-bond donors (Lipinski definition) is 1. The van der Waals surface area contributed by atoms with Gasteiger partial charge in [0, 0.05) is 30.4 Å². The van der Waals surface area contributed by atoms with Gasteiger partial charge in [0.15, 0.2) is 0 Å². The molecule has 0 radical (unpaired) electrons. The molecule has 0 bridgehead atoms. The Morgan fingerprint density at radius 3 is 2.58 bits per heavy atom. The largest absolute Gasteiger partial charge is 0.494 e. The summed E-state index contributed by atoms with van der Waals surface area (Å²) < 4.78 is 44.5. The summed E-state index contributed by atoms with van der Waals surface area (Å²) in [7, 11) is 0. The van der Waals surface area contributed by atoms with Gasteiger partial charge in [-0.15, -0.1) is 0 Å². The molecule has 0 spiro atoms. The first-order valence-electron chi connectivity index (χ1n) is 9.48. The van der Waals surface area contributed by atoms with Crippen LogP contribution in [0.15, 0.2) is 66.0 Å². The smallest absolute Gasteiger partial charge is 0.417 e. The van der Waals surface area contributed by atoms with Gasteiger partial charge in [-0.05, 0) is 54.8 Å². The number of nitrogens with one attached hydrogen (secondary N) is 1. The Bertz CT molecular complexity index is 1260. The summed E-state index contributed by atoms with van der Waals surface area (Å²) in [5, 5.41) is 0.287. The number of aromatic nitrogens is 4. The standard InChI is InChI=1S/C22H17F3N4O2/c23-22(24,25)16-10-15(12-27-13-16)20-28-19-4-3-17(11-18(19)21(30)29-20)31-9-1-2-14-5-7-26-8-6-14/h3-8,10-13H,1-2,9H2,(H,28,29,30). The fourth-order valence-electron chi connectivity index (χ4n) is 3.08. The molecule has 3 aromatic heterocycles. The average molecular weight is 426 g/mol. The first-order chi connectivity index (χ1) is 14.9. The van der Waals surface area contributed by atoms with Crippen LogP contribution < -0.4 is 10.3 Å². The van der Waals surface area contributed by atoms with Crippen LogP contribution in [0.3, 0.4) is 0 Å². The molecule has 3 heterocycles. The number of fused-ring (bicyclic) bond motifs is 1. The summed E-state index contributed by atoms with van der Waals surface area (Å²) in [6.07, 6.45) is 2.51. The monoisotopic (exact) mass is 426 g/mol. The minimum Gasteiger partial charge on any atom is -0.494 e. The Kier molecular flexibility index (Phi) is 5.66. The maximum atomic E-state index is 12.9. The summed E-state index contributed by atoms with van der Waals surface area (Å²) in [6, 6.07) is 9.64. The van der Waals surface area contributed by atoms with Gasteiger partial charge in [0.25, 0.3) is 5.56 Å². The molecule has 158 valence electrons. The van der Waals surface area contributed by atoms with Crippen LogP contribution in [-0.2, 0) is 12.6 Å². The average Bonchev–Trinajstić information content (AvgIpc) is 2.77. The predicted octanol–water partition coefficient (Wildman–Crippen LogP) is 4.41. The Hall–Kier alpha value is -3.75. The molecule has 0 aliphatic heterocycles. The second kappa shape index (κ2) is 8.55. The molecule has 1 N–H and O–H groups in total. The molecule has 4 aromatic rings. The minimum absolute atomic E-state index is 0.0159. The molecular weight excluding hydrogens is 409 g/mol. The lowest BCUT2D eigenvalue weighted by atomic mass is 10.1. The first kappa shape index (κ1) is 20.5. The van der Waals surface area contributed by atoms with Crippen molar-refractivity contribution in [3.8, 4) is 17.1 Å². The van der Waals surface area contributed by atoms with Crippen molar-refractivity contribution in [3.63, 3.8) is 0 Å². The fourth-order valence-corrected chi connectivity index (χ4v) is 3.08. The van der Waals surface area contributed by atoms with E-state index in [1.54, 1.807) is 30.6 Å². The molecular formula is C22H17F3N4O2. The van der Waals surface area contributed by atoms with E-state index in [4.69, 9.17) is 4.74 Å². The molecule has 6 nitrogen and oxygen atoms in total. The summed E-state index contributed by atoms with van der Waals surface area (Å²) in [6.45, 7) is 0.465. The van der Waals surface area contributed by atoms with Gasteiger partial charge in [0.1, 0.15) is 11.6 Å². The third-order valence-electron chi connectivity index (χ3n) is 4.64. The number of rotatable bonds is 6. The number of alkyl halides is 3. The van der Waals surface area contributed by atoms with Crippen LogP contribution in [0.25, 0.3) is 22.3 Å². The third-order valence-corrected chi connectivity index (χ3v) is 4.64. The highest BCUT2D eigenvalue weighted by atomic mass is 19.4. The Labute approximate surface area is 174 Å². The van der Waals surface area contributed by atoms with Gasteiger partial charge < -0.3 is 9.72 Å². The Morgan fingerprint density at radius 1 is 1.00 bits per heavy atom. The molecule has 0 aliphatic rings. The minimum atomic E-state index is -4.54. The first-order valence-corrected chi connectivity index (χ1v) is 9.48. The van der Waals surface area contributed by atoms with Crippen molar-refractivity contribution in [3.05, 3.63) is 82.7 Å². The molecule has 1 aromatic carbocycles. The van der Waals surface area contributed by atoms with E-state index in [1.807, 2.05) is 12.1 Å². The lowest BCUT2D eigenvalue weighted by Gasteiger charge is -2.09. The lowest BCUT2D eigenvalue weighted by Crippen LogP contribution is -2.11. The van der Waals surface area contributed by atoms with Gasteiger partial charge in [-0.2, -0.15) is 13.2 Å². The van der Waals surface area contributed by atoms with Crippen molar-refractivity contribution in [1.29, 1.82) is 0 Å². The zero-order valence-corrected chi connectivity index (χ0v) is 16.2. The summed E-state index contributed by atoms with van der Waals surface area (Å²) in [5.74, 6) is 0.533. The number of hydrogen-bond acceptors (Lipinski definition) is 5.